The summed E-state index contributed by atoms with van der Waals surface area (Å²) in [6.45, 7) is 1.06. The molecule has 0 saturated heterocycles. The number of aliphatic imine (C=N–C) groups is 1. The number of benzene rings is 2. The molecule has 2 aromatic carbocycles. The Labute approximate surface area is 185 Å². The molecule has 0 bridgehead atoms. The van der Waals surface area contributed by atoms with Gasteiger partial charge in [0.15, 0.2) is 0 Å². The molecule has 32 heavy (non-hydrogen) atoms. The molecule has 166 valence electrons. The van der Waals surface area contributed by atoms with Gasteiger partial charge < -0.3 is 15.5 Å². The molecule has 0 fully saturated rings. The van der Waals surface area contributed by atoms with E-state index < -0.39 is 12.2 Å². The van der Waals surface area contributed by atoms with E-state index in [0.29, 0.717) is 11.4 Å². The zero-order valence-corrected chi connectivity index (χ0v) is 17.2. The van der Waals surface area contributed by atoms with Crippen LogP contribution >= 0.6 is 0 Å². The minimum atomic E-state index is -1.20. The number of carbonyl (C=O) groups is 2. The van der Waals surface area contributed by atoms with Crippen molar-refractivity contribution in [2.24, 2.45) is 4.99 Å². The first kappa shape index (κ1) is 22.4. The first-order chi connectivity index (χ1) is 15.6. The van der Waals surface area contributed by atoms with Gasteiger partial charge in [0.25, 0.3) is 0 Å². The maximum Gasteiger partial charge on any atom is 0.431 e. The number of para-hydroxylation sites is 2. The minimum Gasteiger partial charge on any atom is -0.464 e. The molecule has 0 atom stereocenters. The molecular formula is C22H24N6O4. The summed E-state index contributed by atoms with van der Waals surface area (Å²) < 4.78 is 0. The van der Waals surface area contributed by atoms with Crippen LogP contribution < -0.4 is 15.3 Å². The average Bonchev–Trinajstić information content (AvgIpc) is 2.82. The summed E-state index contributed by atoms with van der Waals surface area (Å²) in [5, 5.41) is 27.1. The lowest BCUT2D eigenvalue weighted by Gasteiger charge is -2.40. The molecule has 0 spiro atoms. The first-order valence-electron chi connectivity index (χ1n) is 9.80. The van der Waals surface area contributed by atoms with E-state index in [-0.39, 0.29) is 13.3 Å². The summed E-state index contributed by atoms with van der Waals surface area (Å²) in [6.07, 6.45) is 6.99. The van der Waals surface area contributed by atoms with Gasteiger partial charge in [-0.05, 0) is 36.5 Å². The lowest BCUT2D eigenvalue weighted by atomic mass is 10.3. The van der Waals surface area contributed by atoms with Gasteiger partial charge in [-0.25, -0.2) is 19.6 Å². The SMILES string of the molecule is C1=CCNC=C1.O=C(O)N(c1ccccc1)N1C=NCN(N(C(=O)O)c2ccccc2)C1. The van der Waals surface area contributed by atoms with Gasteiger partial charge in [-0.1, -0.05) is 48.6 Å². The Morgan fingerprint density at radius 1 is 0.875 bits per heavy atom. The van der Waals surface area contributed by atoms with E-state index in [1.54, 1.807) is 60.7 Å². The van der Waals surface area contributed by atoms with Gasteiger partial charge in [0.05, 0.1) is 11.4 Å². The third-order valence-corrected chi connectivity index (χ3v) is 4.37. The van der Waals surface area contributed by atoms with Crippen LogP contribution in [0.25, 0.3) is 0 Å². The molecule has 2 amide bonds. The lowest BCUT2D eigenvalue weighted by molar-refractivity contribution is 0.127. The zero-order chi connectivity index (χ0) is 22.8. The molecule has 0 aromatic heterocycles. The number of allylic oxidation sites excluding steroid dienone is 2. The molecule has 0 saturated carbocycles. The summed E-state index contributed by atoms with van der Waals surface area (Å²) in [7, 11) is 0. The molecule has 2 heterocycles. The second-order valence-electron chi connectivity index (χ2n) is 6.58. The third-order valence-electron chi connectivity index (χ3n) is 4.37. The van der Waals surface area contributed by atoms with E-state index in [9.17, 15) is 19.8 Å². The van der Waals surface area contributed by atoms with Crippen molar-refractivity contribution in [2.45, 2.75) is 0 Å². The number of dihydropyridines is 1. The van der Waals surface area contributed by atoms with Crippen LogP contribution in [0.15, 0.2) is 90.1 Å². The fourth-order valence-corrected chi connectivity index (χ4v) is 3.02. The largest absolute Gasteiger partial charge is 0.464 e. The van der Waals surface area contributed by atoms with Crippen LogP contribution in [0.2, 0.25) is 0 Å². The number of nitrogens with zero attached hydrogens (tertiary/aromatic N) is 5. The highest BCUT2D eigenvalue weighted by atomic mass is 16.4. The molecule has 3 N–H and O–H groups in total. The van der Waals surface area contributed by atoms with Crippen molar-refractivity contribution in [3.8, 4) is 0 Å². The predicted octanol–water partition coefficient (Wildman–Crippen LogP) is 3.41. The number of hydrogen-bond donors (Lipinski definition) is 3. The fraction of sp³-hybridized carbons (Fsp3) is 0.136. The zero-order valence-electron chi connectivity index (χ0n) is 17.2. The van der Waals surface area contributed by atoms with Crippen molar-refractivity contribution in [2.75, 3.05) is 29.9 Å². The van der Waals surface area contributed by atoms with Gasteiger partial charge in [0.2, 0.25) is 0 Å². The van der Waals surface area contributed by atoms with Crippen LogP contribution in [0, 0.1) is 0 Å². The second-order valence-corrected chi connectivity index (χ2v) is 6.58. The molecule has 10 nitrogen and oxygen atoms in total. The van der Waals surface area contributed by atoms with Crippen LogP contribution in [0.4, 0.5) is 21.0 Å². The van der Waals surface area contributed by atoms with Gasteiger partial charge in [-0.2, -0.15) is 10.0 Å². The highest BCUT2D eigenvalue weighted by molar-refractivity contribution is 5.88. The molecule has 0 unspecified atom stereocenters. The van der Waals surface area contributed by atoms with E-state index in [4.69, 9.17) is 0 Å². The van der Waals surface area contributed by atoms with Crippen LogP contribution in [0.3, 0.4) is 0 Å². The van der Waals surface area contributed by atoms with Crippen LogP contribution in [-0.4, -0.2) is 58.6 Å². The smallest absolute Gasteiger partial charge is 0.431 e. The maximum atomic E-state index is 11.8. The second kappa shape index (κ2) is 11.2. The summed E-state index contributed by atoms with van der Waals surface area (Å²) in [4.78, 5) is 27.6. The number of rotatable bonds is 4. The van der Waals surface area contributed by atoms with Gasteiger partial charge in [-0.3, -0.25) is 4.99 Å². The number of nitrogens with one attached hydrogen (secondary N) is 1. The third kappa shape index (κ3) is 5.86. The monoisotopic (exact) mass is 436 g/mol. The lowest BCUT2D eigenvalue weighted by Crippen LogP contribution is -2.58. The number of anilines is 2. The molecular weight excluding hydrogens is 412 g/mol. The topological polar surface area (TPSA) is 112 Å². The van der Waals surface area contributed by atoms with E-state index in [0.717, 1.165) is 16.6 Å². The summed E-state index contributed by atoms with van der Waals surface area (Å²) in [6, 6.07) is 17.1. The average molecular weight is 436 g/mol. The number of carboxylic acid groups (broad SMARTS) is 2. The Morgan fingerprint density at radius 2 is 1.47 bits per heavy atom. The quantitative estimate of drug-likeness (QED) is 0.673. The van der Waals surface area contributed by atoms with Crippen molar-refractivity contribution in [3.05, 3.63) is 85.1 Å². The van der Waals surface area contributed by atoms with Crippen molar-refractivity contribution < 1.29 is 19.8 Å². The molecule has 0 aliphatic carbocycles. The summed E-state index contributed by atoms with van der Waals surface area (Å²) in [5.41, 5.74) is 0.869. The molecule has 2 aliphatic heterocycles. The van der Waals surface area contributed by atoms with E-state index in [1.165, 1.54) is 16.4 Å². The van der Waals surface area contributed by atoms with Gasteiger partial charge in [0.1, 0.15) is 19.7 Å². The van der Waals surface area contributed by atoms with Crippen molar-refractivity contribution in [1.82, 2.24) is 15.3 Å². The minimum absolute atomic E-state index is 0.00805. The Kier molecular flexibility index (Phi) is 7.82. The highest BCUT2D eigenvalue weighted by Gasteiger charge is 2.30. The predicted molar refractivity (Wildman–Crippen MR) is 122 cm³/mol. The van der Waals surface area contributed by atoms with E-state index in [2.05, 4.69) is 16.4 Å². The molecule has 0 radical (unpaired) electrons. The van der Waals surface area contributed by atoms with Crippen LogP contribution in [0.5, 0.6) is 0 Å². The standard InChI is InChI=1S/C17H17N5O4.C5H7N/c23-16(24)21(14-7-3-1-4-8-14)19-11-18-12-20(13-19)22(17(25)26)15-9-5-2-6-10-15;1-2-4-6-5-3-1/h1-11H,12-13H2,(H,23,24)(H,25,26);1-4,6H,5H2. The van der Waals surface area contributed by atoms with Crippen LogP contribution in [-0.2, 0) is 0 Å². The molecule has 4 rings (SSSR count). The highest BCUT2D eigenvalue weighted by Crippen LogP contribution is 2.21. The van der Waals surface area contributed by atoms with Crippen molar-refractivity contribution in [3.63, 3.8) is 0 Å². The Morgan fingerprint density at radius 3 is 1.91 bits per heavy atom. The van der Waals surface area contributed by atoms with Crippen molar-refractivity contribution >= 4 is 29.9 Å². The van der Waals surface area contributed by atoms with Gasteiger partial charge in [-0.15, -0.1) is 0 Å². The normalized spacial score (nSPS) is 14.7. The van der Waals surface area contributed by atoms with E-state index in [1.807, 2.05) is 18.4 Å². The van der Waals surface area contributed by atoms with Crippen LogP contribution in [0.1, 0.15) is 0 Å². The van der Waals surface area contributed by atoms with Gasteiger partial charge in [0, 0.05) is 6.54 Å². The fourth-order valence-electron chi connectivity index (χ4n) is 3.02. The maximum absolute atomic E-state index is 11.8. The number of hydrazine groups is 2. The summed E-state index contributed by atoms with van der Waals surface area (Å²) >= 11 is 0. The Bertz CT molecular complexity index is 968. The molecule has 2 aromatic rings. The number of amides is 2. The first-order valence-corrected chi connectivity index (χ1v) is 9.80. The molecule has 2 aliphatic rings. The molecule has 10 heteroatoms. The Hall–Kier alpha value is -4.31. The van der Waals surface area contributed by atoms with Crippen molar-refractivity contribution in [1.29, 1.82) is 0 Å². The van der Waals surface area contributed by atoms with Gasteiger partial charge >= 0.3 is 12.2 Å². The van der Waals surface area contributed by atoms with E-state index >= 15 is 0 Å². The Balaban J connectivity index is 0.000000416. The summed E-state index contributed by atoms with van der Waals surface area (Å²) in [5.74, 6) is 0. The number of hydrogen-bond acceptors (Lipinski definition) is 6.